The first kappa shape index (κ1) is 32.6. The Kier molecular flexibility index (Phi) is 10.5. The molecule has 1 fully saturated rings. The van der Waals surface area contributed by atoms with Crippen LogP contribution in [0.4, 0.5) is 33.3 Å². The molecule has 0 amide bonds. The van der Waals surface area contributed by atoms with Crippen LogP contribution in [0.1, 0.15) is 38.7 Å². The van der Waals surface area contributed by atoms with Crippen molar-refractivity contribution in [2.24, 2.45) is 0 Å². The Balaban J connectivity index is 1.43. The van der Waals surface area contributed by atoms with Crippen LogP contribution in [0.25, 0.3) is 0 Å². The third-order valence-corrected chi connectivity index (χ3v) is 10.7. The van der Waals surface area contributed by atoms with E-state index in [-0.39, 0.29) is 26.6 Å². The highest BCUT2D eigenvalue weighted by Crippen LogP contribution is 2.35. The standard InChI is InChI=1S/C30H33F5IN3O2S/c1-21(2)39(42(40,41)28-6-3-5-22(19-28)30(33,34)35)27-15-18-37(29(36)20-27)16-4-17-38(25-11-7-23(31)8-12-25)26-13-9-24(32)10-14-26/h3,5-14,19,21,27,29H,4,15-18,20H2,1-2H3. The fourth-order valence-corrected chi connectivity index (χ4v) is 8.41. The molecule has 0 N–H and O–H groups in total. The predicted molar refractivity (Wildman–Crippen MR) is 162 cm³/mol. The number of halogens is 6. The molecule has 0 aromatic heterocycles. The van der Waals surface area contributed by atoms with Gasteiger partial charge in [0.2, 0.25) is 10.0 Å². The molecule has 1 aliphatic rings. The smallest absolute Gasteiger partial charge is 0.341 e. The van der Waals surface area contributed by atoms with Gasteiger partial charge in [0.15, 0.2) is 0 Å². The van der Waals surface area contributed by atoms with Gasteiger partial charge in [-0.1, -0.05) is 28.7 Å². The number of hydrogen-bond acceptors (Lipinski definition) is 4. The minimum absolute atomic E-state index is 0.00408. The van der Waals surface area contributed by atoms with E-state index >= 15 is 0 Å². The molecule has 1 aliphatic heterocycles. The van der Waals surface area contributed by atoms with Gasteiger partial charge >= 0.3 is 6.18 Å². The Morgan fingerprint density at radius 3 is 2.02 bits per heavy atom. The van der Waals surface area contributed by atoms with E-state index in [0.29, 0.717) is 38.5 Å². The molecule has 1 saturated heterocycles. The first-order chi connectivity index (χ1) is 19.8. The molecular weight excluding hydrogens is 688 g/mol. The summed E-state index contributed by atoms with van der Waals surface area (Å²) in [7, 11) is -4.17. The number of benzene rings is 3. The van der Waals surface area contributed by atoms with Crippen molar-refractivity contribution in [2.75, 3.05) is 24.5 Å². The minimum atomic E-state index is -4.64. The summed E-state index contributed by atoms with van der Waals surface area (Å²) in [6.07, 6.45) is -2.85. The zero-order valence-corrected chi connectivity index (χ0v) is 26.2. The molecule has 2 unspecified atom stereocenters. The molecule has 0 bridgehead atoms. The minimum Gasteiger partial charge on any atom is -0.341 e. The lowest BCUT2D eigenvalue weighted by Gasteiger charge is -2.42. The van der Waals surface area contributed by atoms with E-state index in [9.17, 15) is 30.4 Å². The second-order valence-electron chi connectivity index (χ2n) is 10.6. The van der Waals surface area contributed by atoms with Crippen LogP contribution in [0.3, 0.4) is 0 Å². The van der Waals surface area contributed by atoms with Gasteiger partial charge in [0.05, 0.1) is 14.5 Å². The normalized spacial score (nSPS) is 18.5. The highest BCUT2D eigenvalue weighted by molar-refractivity contribution is 14.1. The number of piperidine rings is 1. The van der Waals surface area contributed by atoms with Gasteiger partial charge < -0.3 is 4.90 Å². The van der Waals surface area contributed by atoms with Gasteiger partial charge in [0.1, 0.15) is 11.6 Å². The van der Waals surface area contributed by atoms with Crippen molar-refractivity contribution < 1.29 is 30.4 Å². The molecule has 1 heterocycles. The molecular formula is C30H33F5IN3O2S. The lowest BCUT2D eigenvalue weighted by atomic mass is 10.0. The fourth-order valence-electron chi connectivity index (χ4n) is 5.36. The first-order valence-corrected chi connectivity index (χ1v) is 16.3. The Bertz CT molecular complexity index is 1390. The Labute approximate surface area is 257 Å². The van der Waals surface area contributed by atoms with Crippen LogP contribution in [0.15, 0.2) is 77.7 Å². The van der Waals surface area contributed by atoms with E-state index in [1.165, 1.54) is 34.6 Å². The van der Waals surface area contributed by atoms with Crippen molar-refractivity contribution in [1.82, 2.24) is 9.21 Å². The highest BCUT2D eigenvalue weighted by atomic mass is 127. The largest absolute Gasteiger partial charge is 0.416 e. The third kappa shape index (κ3) is 7.80. The molecule has 0 aliphatic carbocycles. The van der Waals surface area contributed by atoms with Gasteiger partial charge in [0.25, 0.3) is 0 Å². The molecule has 0 spiro atoms. The van der Waals surface area contributed by atoms with Gasteiger partial charge in [-0.3, -0.25) is 4.90 Å². The van der Waals surface area contributed by atoms with Crippen LogP contribution in [0.5, 0.6) is 0 Å². The SMILES string of the molecule is CC(C)N(C1CCN(CCCN(c2ccc(F)cc2)c2ccc(F)cc2)C(I)C1)S(=O)(=O)c1cccc(C(F)(F)F)c1. The van der Waals surface area contributed by atoms with Crippen molar-refractivity contribution in [3.63, 3.8) is 0 Å². The van der Waals surface area contributed by atoms with Crippen LogP contribution in [0.2, 0.25) is 0 Å². The van der Waals surface area contributed by atoms with Crippen molar-refractivity contribution in [1.29, 1.82) is 0 Å². The summed E-state index contributed by atoms with van der Waals surface area (Å²) >= 11 is 2.30. The van der Waals surface area contributed by atoms with E-state index in [1.807, 2.05) is 4.90 Å². The van der Waals surface area contributed by atoms with Crippen molar-refractivity contribution in [2.45, 2.75) is 60.3 Å². The fraction of sp³-hybridized carbons (Fsp3) is 0.400. The van der Waals surface area contributed by atoms with Gasteiger partial charge in [-0.15, -0.1) is 0 Å². The van der Waals surface area contributed by atoms with Gasteiger partial charge in [-0.05, 0) is 99.8 Å². The van der Waals surface area contributed by atoms with Gasteiger partial charge in [-0.2, -0.15) is 17.5 Å². The summed E-state index contributed by atoms with van der Waals surface area (Å²) in [4.78, 5) is 3.90. The van der Waals surface area contributed by atoms with E-state index in [4.69, 9.17) is 0 Å². The van der Waals surface area contributed by atoms with Gasteiger partial charge in [0, 0.05) is 43.1 Å². The maximum absolute atomic E-state index is 13.6. The van der Waals surface area contributed by atoms with Crippen molar-refractivity contribution >= 4 is 44.0 Å². The maximum atomic E-state index is 13.6. The molecule has 2 atom stereocenters. The monoisotopic (exact) mass is 721 g/mol. The van der Waals surface area contributed by atoms with Crippen LogP contribution in [-0.2, 0) is 16.2 Å². The Morgan fingerprint density at radius 1 is 0.952 bits per heavy atom. The summed E-state index contributed by atoms with van der Waals surface area (Å²) in [5.74, 6) is -0.696. The van der Waals surface area contributed by atoms with Crippen LogP contribution in [0, 0.1) is 11.6 Å². The summed E-state index contributed by atoms with van der Waals surface area (Å²) in [6.45, 7) is 5.38. The summed E-state index contributed by atoms with van der Waals surface area (Å²) in [6, 6.07) is 15.3. The van der Waals surface area contributed by atoms with Gasteiger partial charge in [-0.25, -0.2) is 17.2 Å². The molecule has 12 heteroatoms. The quantitative estimate of drug-likeness (QED) is 0.0927. The zero-order valence-electron chi connectivity index (χ0n) is 23.2. The summed E-state index contributed by atoms with van der Waals surface area (Å²) in [5, 5.41) is 0. The van der Waals surface area contributed by atoms with Crippen LogP contribution < -0.4 is 4.90 Å². The number of nitrogens with zero attached hydrogens (tertiary/aromatic N) is 3. The number of hydrogen-bond donors (Lipinski definition) is 0. The Morgan fingerprint density at radius 2 is 1.52 bits per heavy atom. The first-order valence-electron chi connectivity index (χ1n) is 13.6. The molecule has 4 rings (SSSR count). The van der Waals surface area contributed by atoms with Crippen LogP contribution in [-0.4, -0.2) is 53.4 Å². The predicted octanol–water partition coefficient (Wildman–Crippen LogP) is 7.84. The summed E-state index contributed by atoms with van der Waals surface area (Å²) in [5.41, 5.74) is 0.560. The van der Waals surface area contributed by atoms with Crippen molar-refractivity contribution in [3.05, 3.63) is 90.0 Å². The van der Waals surface area contributed by atoms with Crippen LogP contribution >= 0.6 is 22.6 Å². The lowest BCUT2D eigenvalue weighted by molar-refractivity contribution is -0.137. The average molecular weight is 722 g/mol. The maximum Gasteiger partial charge on any atom is 0.416 e. The zero-order chi connectivity index (χ0) is 30.7. The summed E-state index contributed by atoms with van der Waals surface area (Å²) < 4.78 is 95.5. The second-order valence-corrected chi connectivity index (χ2v) is 13.8. The van der Waals surface area contributed by atoms with E-state index in [2.05, 4.69) is 27.5 Å². The van der Waals surface area contributed by atoms with E-state index in [0.717, 1.165) is 29.9 Å². The highest BCUT2D eigenvalue weighted by Gasteiger charge is 2.39. The molecule has 5 nitrogen and oxygen atoms in total. The molecule has 3 aromatic rings. The van der Waals surface area contributed by atoms with Crippen molar-refractivity contribution in [3.8, 4) is 0 Å². The number of alkyl halides is 4. The Hall–Kier alpha value is -2.29. The third-order valence-electron chi connectivity index (χ3n) is 7.32. The number of likely N-dealkylation sites (tertiary alicyclic amines) is 1. The number of anilines is 2. The average Bonchev–Trinajstić information content (AvgIpc) is 2.93. The molecule has 228 valence electrons. The topological polar surface area (TPSA) is 43.9 Å². The number of sulfonamides is 1. The molecule has 42 heavy (non-hydrogen) atoms. The molecule has 0 radical (unpaired) electrons. The van der Waals surface area contributed by atoms with E-state index < -0.39 is 27.8 Å². The second kappa shape index (κ2) is 13.6. The molecule has 3 aromatic carbocycles. The van der Waals surface area contributed by atoms with E-state index in [1.54, 1.807) is 38.1 Å². The lowest BCUT2D eigenvalue weighted by Crippen LogP contribution is -2.52. The number of rotatable bonds is 10. The molecule has 0 saturated carbocycles.